The number of nitrogens with one attached hydrogen (secondary N) is 2. The zero-order chi connectivity index (χ0) is 17.6. The van der Waals surface area contributed by atoms with Crippen LogP contribution in [0.4, 0.5) is 4.39 Å². The Bertz CT molecular complexity index is 655. The normalized spacial score (nSPS) is 32.2. The second kappa shape index (κ2) is 6.53. The number of carbonyl (C=O) groups is 2. The maximum absolute atomic E-state index is 14.5. The molecule has 3 unspecified atom stereocenters. The lowest BCUT2D eigenvalue weighted by Crippen LogP contribution is -2.48. The van der Waals surface area contributed by atoms with Gasteiger partial charge >= 0.3 is 0 Å². The summed E-state index contributed by atoms with van der Waals surface area (Å²) in [5.41, 5.74) is 12.2. The molecule has 0 aromatic heterocycles. The summed E-state index contributed by atoms with van der Waals surface area (Å²) in [6, 6.07) is 0.919. The summed E-state index contributed by atoms with van der Waals surface area (Å²) in [6.07, 6.45) is 6.70. The van der Waals surface area contributed by atoms with Gasteiger partial charge in [-0.15, -0.1) is 0 Å². The predicted octanol–water partition coefficient (Wildman–Crippen LogP) is 1.05. The molecule has 7 heteroatoms. The number of hydrazine groups is 1. The minimum atomic E-state index is -0.611. The van der Waals surface area contributed by atoms with Gasteiger partial charge in [0.1, 0.15) is 5.83 Å². The van der Waals surface area contributed by atoms with Crippen LogP contribution in [0, 0.1) is 5.92 Å². The van der Waals surface area contributed by atoms with Crippen molar-refractivity contribution in [2.75, 3.05) is 6.54 Å². The van der Waals surface area contributed by atoms with Crippen molar-refractivity contribution in [2.24, 2.45) is 11.7 Å². The highest BCUT2D eigenvalue weighted by Crippen LogP contribution is 2.38. The molecule has 4 rings (SSSR count). The van der Waals surface area contributed by atoms with E-state index in [-0.39, 0.29) is 35.6 Å². The molecule has 0 aromatic rings. The van der Waals surface area contributed by atoms with Gasteiger partial charge in [-0.25, -0.2) is 4.39 Å². The van der Waals surface area contributed by atoms with Crippen LogP contribution in [0.5, 0.6) is 0 Å². The summed E-state index contributed by atoms with van der Waals surface area (Å²) in [6.45, 7) is 0.926. The third kappa shape index (κ3) is 3.22. The molecule has 3 atom stereocenters. The maximum atomic E-state index is 14.5. The van der Waals surface area contributed by atoms with Crippen molar-refractivity contribution in [3.63, 3.8) is 0 Å². The smallest absolute Gasteiger partial charge is 0.253 e. The molecule has 6 nitrogen and oxygen atoms in total. The van der Waals surface area contributed by atoms with E-state index in [9.17, 15) is 14.0 Å². The predicted molar refractivity (Wildman–Crippen MR) is 90.6 cm³/mol. The number of amides is 2. The Morgan fingerprint density at radius 1 is 1.16 bits per heavy atom. The number of carbonyl (C=O) groups excluding carboxylic acids is 2. The molecule has 1 saturated heterocycles. The Balaban J connectivity index is 1.54. The van der Waals surface area contributed by atoms with Gasteiger partial charge in [-0.2, -0.15) is 0 Å². The lowest BCUT2D eigenvalue weighted by molar-refractivity contribution is -0.131. The maximum Gasteiger partial charge on any atom is 0.253 e. The first-order valence-corrected chi connectivity index (χ1v) is 9.24. The first kappa shape index (κ1) is 16.7. The highest BCUT2D eigenvalue weighted by molar-refractivity contribution is 5.98. The van der Waals surface area contributed by atoms with Crippen molar-refractivity contribution in [1.29, 1.82) is 0 Å². The minimum absolute atomic E-state index is 0.179. The van der Waals surface area contributed by atoms with E-state index in [2.05, 4.69) is 10.9 Å². The van der Waals surface area contributed by atoms with E-state index in [0.29, 0.717) is 18.4 Å². The molecule has 0 bridgehead atoms. The van der Waals surface area contributed by atoms with Crippen LogP contribution in [0.2, 0.25) is 0 Å². The fourth-order valence-electron chi connectivity index (χ4n) is 4.46. The molecule has 136 valence electrons. The van der Waals surface area contributed by atoms with Crippen molar-refractivity contribution in [2.45, 2.75) is 63.1 Å². The summed E-state index contributed by atoms with van der Waals surface area (Å²) in [5, 5.41) is 0. The molecule has 2 saturated carbocycles. The second-order valence-electron chi connectivity index (χ2n) is 7.66. The third-order valence-electron chi connectivity index (χ3n) is 5.98. The molecule has 0 aromatic carbocycles. The average molecular weight is 348 g/mol. The lowest BCUT2D eigenvalue weighted by Gasteiger charge is -2.39. The SMILES string of the molecule is NC(=O)C1=CC(F)=C(C(=O)N(C2CC2)C2CCC3NNCC3C2)CC1. The van der Waals surface area contributed by atoms with Gasteiger partial charge < -0.3 is 10.6 Å². The highest BCUT2D eigenvalue weighted by Gasteiger charge is 2.43. The number of hydrogen-bond donors (Lipinski definition) is 3. The summed E-state index contributed by atoms with van der Waals surface area (Å²) < 4.78 is 14.5. The van der Waals surface area contributed by atoms with Crippen LogP contribution < -0.4 is 16.6 Å². The standard InChI is InChI=1S/C18H25FN4O2/c19-15-8-10(17(20)24)1-5-14(15)18(25)23(12-2-3-12)13-4-6-16-11(7-13)9-21-22-16/h8,11-13,16,21-22H,1-7,9H2,(H2,20,24). The van der Waals surface area contributed by atoms with Crippen molar-refractivity contribution < 1.29 is 14.0 Å². The van der Waals surface area contributed by atoms with Crippen LogP contribution in [0.25, 0.3) is 0 Å². The van der Waals surface area contributed by atoms with E-state index in [0.717, 1.165) is 44.7 Å². The van der Waals surface area contributed by atoms with Crippen LogP contribution in [0.1, 0.15) is 44.9 Å². The lowest BCUT2D eigenvalue weighted by atomic mass is 9.81. The molecular formula is C18H25FN4O2. The van der Waals surface area contributed by atoms with E-state index >= 15 is 0 Å². The number of halogens is 1. The third-order valence-corrected chi connectivity index (χ3v) is 5.98. The summed E-state index contributed by atoms with van der Waals surface area (Å²) in [7, 11) is 0. The van der Waals surface area contributed by atoms with Crippen molar-refractivity contribution in [1.82, 2.24) is 15.8 Å². The number of allylic oxidation sites excluding steroid dienone is 2. The minimum Gasteiger partial charge on any atom is -0.366 e. The summed E-state index contributed by atoms with van der Waals surface area (Å²) in [4.78, 5) is 26.3. The zero-order valence-corrected chi connectivity index (χ0v) is 14.3. The molecule has 0 spiro atoms. The molecule has 4 N–H and O–H groups in total. The van der Waals surface area contributed by atoms with Crippen molar-refractivity contribution in [3.8, 4) is 0 Å². The van der Waals surface area contributed by atoms with E-state index < -0.39 is 11.7 Å². The molecule has 1 aliphatic heterocycles. The van der Waals surface area contributed by atoms with Crippen LogP contribution in [-0.4, -0.2) is 41.4 Å². The monoisotopic (exact) mass is 348 g/mol. The molecule has 0 radical (unpaired) electrons. The molecule has 4 aliphatic rings. The van der Waals surface area contributed by atoms with Gasteiger partial charge in [0.25, 0.3) is 5.91 Å². The highest BCUT2D eigenvalue weighted by atomic mass is 19.1. The van der Waals surface area contributed by atoms with E-state index in [1.807, 2.05) is 4.90 Å². The largest absolute Gasteiger partial charge is 0.366 e. The number of hydrogen-bond acceptors (Lipinski definition) is 4. The number of rotatable bonds is 4. The van der Waals surface area contributed by atoms with Gasteiger partial charge in [-0.05, 0) is 56.9 Å². The van der Waals surface area contributed by atoms with Crippen LogP contribution in [-0.2, 0) is 9.59 Å². The topological polar surface area (TPSA) is 87.5 Å². The second-order valence-corrected chi connectivity index (χ2v) is 7.66. The van der Waals surface area contributed by atoms with Gasteiger partial charge in [0.15, 0.2) is 0 Å². The van der Waals surface area contributed by atoms with Gasteiger partial charge in [0, 0.05) is 30.2 Å². The fraction of sp³-hybridized carbons (Fsp3) is 0.667. The molecule has 25 heavy (non-hydrogen) atoms. The van der Waals surface area contributed by atoms with Gasteiger partial charge in [0.2, 0.25) is 5.91 Å². The van der Waals surface area contributed by atoms with Gasteiger partial charge in [-0.1, -0.05) is 0 Å². The molecule has 2 amide bonds. The molecule has 3 aliphatic carbocycles. The number of nitrogens with zero attached hydrogens (tertiary/aromatic N) is 1. The number of fused-ring (bicyclic) bond motifs is 1. The number of nitrogens with two attached hydrogens (primary N) is 1. The number of primary amides is 1. The van der Waals surface area contributed by atoms with Crippen LogP contribution in [0.3, 0.4) is 0 Å². The Morgan fingerprint density at radius 3 is 2.60 bits per heavy atom. The van der Waals surface area contributed by atoms with Crippen LogP contribution in [0.15, 0.2) is 23.0 Å². The van der Waals surface area contributed by atoms with E-state index in [4.69, 9.17) is 5.73 Å². The van der Waals surface area contributed by atoms with Crippen molar-refractivity contribution in [3.05, 3.63) is 23.0 Å². The van der Waals surface area contributed by atoms with Gasteiger partial charge in [-0.3, -0.25) is 20.4 Å². The molecular weight excluding hydrogens is 323 g/mol. The van der Waals surface area contributed by atoms with Gasteiger partial charge in [0.05, 0.1) is 5.57 Å². The molecule has 3 fully saturated rings. The average Bonchev–Trinajstić information content (AvgIpc) is 3.30. The van der Waals surface area contributed by atoms with E-state index in [1.165, 1.54) is 0 Å². The quantitative estimate of drug-likeness (QED) is 0.709. The van der Waals surface area contributed by atoms with E-state index in [1.54, 1.807) is 0 Å². The fourth-order valence-corrected chi connectivity index (χ4v) is 4.46. The Kier molecular flexibility index (Phi) is 4.37. The summed E-state index contributed by atoms with van der Waals surface area (Å²) >= 11 is 0. The Labute approximate surface area is 146 Å². The first-order valence-electron chi connectivity index (χ1n) is 9.24. The summed E-state index contributed by atoms with van der Waals surface area (Å²) in [5.74, 6) is -0.852. The van der Waals surface area contributed by atoms with Crippen LogP contribution >= 0.6 is 0 Å². The zero-order valence-electron chi connectivity index (χ0n) is 14.3. The first-order chi connectivity index (χ1) is 12.0. The van der Waals surface area contributed by atoms with Crippen molar-refractivity contribution >= 4 is 11.8 Å². The molecule has 1 heterocycles. The Morgan fingerprint density at radius 2 is 1.92 bits per heavy atom. The Hall–Kier alpha value is -1.73.